The zero-order valence-electron chi connectivity index (χ0n) is 19.3. The average molecular weight is 500 g/mol. The monoisotopic (exact) mass is 500 g/mol. The van der Waals surface area contributed by atoms with Gasteiger partial charge in [-0.15, -0.1) is 0 Å². The van der Waals surface area contributed by atoms with Crippen LogP contribution < -0.4 is 10.2 Å². The minimum Gasteiger partial charge on any atom is -0.353 e. The Balaban J connectivity index is 1.27. The number of benzene rings is 2. The van der Waals surface area contributed by atoms with Crippen molar-refractivity contribution in [1.82, 2.24) is 15.2 Å². The van der Waals surface area contributed by atoms with E-state index in [2.05, 4.69) is 10.3 Å². The highest BCUT2D eigenvalue weighted by atomic mass is 19.2. The maximum Gasteiger partial charge on any atom is 0.257 e. The summed E-state index contributed by atoms with van der Waals surface area (Å²) in [5.74, 6) is -7.86. The van der Waals surface area contributed by atoms with E-state index in [1.165, 1.54) is 16.7 Å². The van der Waals surface area contributed by atoms with Crippen LogP contribution in [-0.4, -0.2) is 54.4 Å². The number of carbonyl (C=O) groups is 2. The van der Waals surface area contributed by atoms with Crippen molar-refractivity contribution in [2.75, 3.05) is 37.6 Å². The van der Waals surface area contributed by atoms with Crippen LogP contribution in [0.4, 0.5) is 23.4 Å². The molecule has 1 aliphatic rings. The lowest BCUT2D eigenvalue weighted by molar-refractivity contribution is 0.0739. The Kier molecular flexibility index (Phi) is 7.82. The molecule has 188 valence electrons. The summed E-state index contributed by atoms with van der Waals surface area (Å²) in [5, 5.41) is 2.87. The Morgan fingerprint density at radius 2 is 1.61 bits per heavy atom. The lowest BCUT2D eigenvalue weighted by atomic mass is 10.1. The van der Waals surface area contributed by atoms with E-state index in [9.17, 15) is 27.2 Å². The molecule has 0 aliphatic carbocycles. The molecule has 2 amide bonds. The van der Waals surface area contributed by atoms with Crippen molar-refractivity contribution in [2.45, 2.75) is 12.8 Å². The Bertz CT molecular complexity index is 1230. The SMILES string of the molecule is O=C(NCCCc1ccccc1)c1ccc(N2CCN(C(=O)c3cc(F)c(F)c(F)c3F)CC2)nc1. The van der Waals surface area contributed by atoms with Gasteiger partial charge in [0.05, 0.1) is 11.1 Å². The molecule has 1 saturated heterocycles. The number of pyridine rings is 1. The van der Waals surface area contributed by atoms with Crippen LogP contribution in [0.1, 0.15) is 32.7 Å². The fourth-order valence-corrected chi connectivity index (χ4v) is 3.99. The van der Waals surface area contributed by atoms with E-state index in [-0.39, 0.29) is 19.0 Å². The van der Waals surface area contributed by atoms with Gasteiger partial charge in [0, 0.05) is 38.9 Å². The Labute approximate surface area is 205 Å². The Hall–Kier alpha value is -3.95. The van der Waals surface area contributed by atoms with E-state index in [1.54, 1.807) is 12.1 Å². The van der Waals surface area contributed by atoms with E-state index < -0.39 is 34.7 Å². The minimum atomic E-state index is -2.01. The molecule has 0 spiro atoms. The molecule has 0 radical (unpaired) electrons. The van der Waals surface area contributed by atoms with Gasteiger partial charge in [-0.25, -0.2) is 22.5 Å². The summed E-state index contributed by atoms with van der Waals surface area (Å²) < 4.78 is 54.2. The summed E-state index contributed by atoms with van der Waals surface area (Å²) >= 11 is 0. The standard InChI is InChI=1S/C26H24F4N4O2/c27-20-15-19(22(28)24(30)23(20)29)26(36)34-13-11-33(12-14-34)21-9-8-18(16-32-21)25(35)31-10-4-7-17-5-2-1-3-6-17/h1-3,5-6,8-9,15-16H,4,7,10-14H2,(H,31,35). The van der Waals surface area contributed by atoms with Crippen LogP contribution in [0.2, 0.25) is 0 Å². The van der Waals surface area contributed by atoms with Crippen molar-refractivity contribution in [3.63, 3.8) is 0 Å². The topological polar surface area (TPSA) is 65.5 Å². The van der Waals surface area contributed by atoms with Crippen LogP contribution >= 0.6 is 0 Å². The van der Waals surface area contributed by atoms with Crippen molar-refractivity contribution < 1.29 is 27.2 Å². The van der Waals surface area contributed by atoms with Gasteiger partial charge < -0.3 is 15.1 Å². The van der Waals surface area contributed by atoms with Crippen LogP contribution in [0.15, 0.2) is 54.7 Å². The lowest BCUT2D eigenvalue weighted by Crippen LogP contribution is -2.49. The molecule has 1 fully saturated rings. The maximum atomic E-state index is 14.0. The van der Waals surface area contributed by atoms with Crippen LogP contribution in [-0.2, 0) is 6.42 Å². The second kappa shape index (κ2) is 11.2. The zero-order valence-corrected chi connectivity index (χ0v) is 19.3. The molecular weight excluding hydrogens is 476 g/mol. The van der Waals surface area contributed by atoms with Crippen LogP contribution in [0, 0.1) is 23.3 Å². The van der Waals surface area contributed by atoms with E-state index in [4.69, 9.17) is 0 Å². The number of carbonyl (C=O) groups excluding carboxylic acids is 2. The largest absolute Gasteiger partial charge is 0.353 e. The first-order valence-corrected chi connectivity index (χ1v) is 11.5. The second-order valence-corrected chi connectivity index (χ2v) is 8.38. The maximum absolute atomic E-state index is 14.0. The number of piperazine rings is 1. The summed E-state index contributed by atoms with van der Waals surface area (Å²) in [6.07, 6.45) is 3.15. The van der Waals surface area contributed by atoms with Gasteiger partial charge in [0.25, 0.3) is 11.8 Å². The number of rotatable bonds is 7. The van der Waals surface area contributed by atoms with Crippen molar-refractivity contribution in [2.24, 2.45) is 0 Å². The average Bonchev–Trinajstić information content (AvgIpc) is 2.92. The van der Waals surface area contributed by atoms with Gasteiger partial charge in [0.2, 0.25) is 0 Å². The van der Waals surface area contributed by atoms with E-state index >= 15 is 0 Å². The molecule has 0 unspecified atom stereocenters. The molecule has 4 rings (SSSR count). The molecule has 1 N–H and O–H groups in total. The normalized spacial score (nSPS) is 13.6. The number of nitrogens with one attached hydrogen (secondary N) is 1. The lowest BCUT2D eigenvalue weighted by Gasteiger charge is -2.35. The Morgan fingerprint density at radius 1 is 0.889 bits per heavy atom. The molecular formula is C26H24F4N4O2. The predicted molar refractivity (Wildman–Crippen MR) is 126 cm³/mol. The zero-order chi connectivity index (χ0) is 25.7. The molecule has 0 bridgehead atoms. The van der Waals surface area contributed by atoms with Crippen molar-refractivity contribution in [1.29, 1.82) is 0 Å². The highest BCUT2D eigenvalue weighted by molar-refractivity contribution is 5.95. The predicted octanol–water partition coefficient (Wildman–Crippen LogP) is 3.96. The summed E-state index contributed by atoms with van der Waals surface area (Å²) in [6.45, 7) is 1.48. The van der Waals surface area contributed by atoms with Crippen LogP contribution in [0.5, 0.6) is 0 Å². The quantitative estimate of drug-likeness (QED) is 0.231. The fourth-order valence-electron chi connectivity index (χ4n) is 3.99. The summed E-state index contributed by atoms with van der Waals surface area (Å²) in [6, 6.07) is 13.7. The van der Waals surface area contributed by atoms with E-state index in [0.717, 1.165) is 12.8 Å². The number of anilines is 1. The molecule has 2 aromatic carbocycles. The first-order valence-electron chi connectivity index (χ1n) is 11.5. The first-order chi connectivity index (χ1) is 17.3. The first kappa shape index (κ1) is 25.2. The number of hydrogen-bond donors (Lipinski definition) is 1. The van der Waals surface area contributed by atoms with Crippen LogP contribution in [0.3, 0.4) is 0 Å². The van der Waals surface area contributed by atoms with Crippen molar-refractivity contribution in [3.05, 3.63) is 94.7 Å². The summed E-state index contributed by atoms with van der Waals surface area (Å²) in [7, 11) is 0. The number of aromatic nitrogens is 1. The third-order valence-electron chi connectivity index (χ3n) is 6.00. The molecule has 3 aromatic rings. The van der Waals surface area contributed by atoms with Crippen molar-refractivity contribution in [3.8, 4) is 0 Å². The molecule has 10 heteroatoms. The molecule has 1 aliphatic heterocycles. The van der Waals surface area contributed by atoms with E-state index in [1.807, 2.05) is 35.2 Å². The summed E-state index contributed by atoms with van der Waals surface area (Å²) in [5.41, 5.74) is 0.780. The third kappa shape index (κ3) is 5.64. The number of aryl methyl sites for hydroxylation is 1. The van der Waals surface area contributed by atoms with Crippen LogP contribution in [0.25, 0.3) is 0 Å². The second-order valence-electron chi connectivity index (χ2n) is 8.38. The van der Waals surface area contributed by atoms with Gasteiger partial charge >= 0.3 is 0 Å². The van der Waals surface area contributed by atoms with Gasteiger partial charge in [-0.3, -0.25) is 9.59 Å². The molecule has 0 saturated carbocycles. The summed E-state index contributed by atoms with van der Waals surface area (Å²) in [4.78, 5) is 32.4. The van der Waals surface area contributed by atoms with Gasteiger partial charge in [-0.05, 0) is 36.6 Å². The molecule has 6 nitrogen and oxygen atoms in total. The number of hydrogen-bond acceptors (Lipinski definition) is 4. The smallest absolute Gasteiger partial charge is 0.257 e. The molecule has 2 heterocycles. The van der Waals surface area contributed by atoms with Gasteiger partial charge in [-0.2, -0.15) is 0 Å². The number of nitrogens with zero attached hydrogens (tertiary/aromatic N) is 3. The molecule has 1 aromatic heterocycles. The number of amides is 2. The highest BCUT2D eigenvalue weighted by Crippen LogP contribution is 2.21. The van der Waals surface area contributed by atoms with E-state index in [0.29, 0.717) is 37.1 Å². The minimum absolute atomic E-state index is 0.143. The van der Waals surface area contributed by atoms with Gasteiger partial charge in [0.15, 0.2) is 23.3 Å². The third-order valence-corrected chi connectivity index (χ3v) is 6.00. The van der Waals surface area contributed by atoms with Gasteiger partial charge in [0.1, 0.15) is 5.82 Å². The number of halogens is 4. The van der Waals surface area contributed by atoms with Crippen molar-refractivity contribution >= 4 is 17.6 Å². The Morgan fingerprint density at radius 3 is 2.28 bits per heavy atom. The highest BCUT2D eigenvalue weighted by Gasteiger charge is 2.28. The molecule has 36 heavy (non-hydrogen) atoms. The van der Waals surface area contributed by atoms with Gasteiger partial charge in [-0.1, -0.05) is 30.3 Å². The fraction of sp³-hybridized carbons (Fsp3) is 0.269. The molecule has 0 atom stereocenters.